The zero-order chi connectivity index (χ0) is 21.1. The van der Waals surface area contributed by atoms with Crippen LogP contribution >= 0.6 is 0 Å². The van der Waals surface area contributed by atoms with Crippen LogP contribution in [0.3, 0.4) is 0 Å². The molecule has 156 valence electrons. The van der Waals surface area contributed by atoms with Gasteiger partial charge in [0.1, 0.15) is 11.5 Å². The Hall–Kier alpha value is -3.16. The molecule has 8 heteroatoms. The first-order valence-corrected chi connectivity index (χ1v) is 9.84. The van der Waals surface area contributed by atoms with Crippen LogP contribution in [-0.2, 0) is 6.18 Å². The van der Waals surface area contributed by atoms with Crippen molar-refractivity contribution in [2.45, 2.75) is 32.0 Å². The van der Waals surface area contributed by atoms with Crippen LogP contribution in [0.5, 0.6) is 0 Å². The molecule has 3 heterocycles. The molecule has 2 aromatic heterocycles. The minimum Gasteiger partial charge on any atom is -0.382 e. The third kappa shape index (κ3) is 4.69. The SMILES string of the molecule is Cc1cccc(NC2CCN(c3cc(C(F)(F)F)nc(-c4ccccn4)n3)CC2)c1. The lowest BCUT2D eigenvalue weighted by molar-refractivity contribution is -0.141. The predicted molar refractivity (Wildman–Crippen MR) is 110 cm³/mol. The average molecular weight is 413 g/mol. The van der Waals surface area contributed by atoms with E-state index in [0.29, 0.717) is 18.8 Å². The van der Waals surface area contributed by atoms with Crippen molar-refractivity contribution in [2.75, 3.05) is 23.3 Å². The van der Waals surface area contributed by atoms with E-state index in [1.807, 2.05) is 30.0 Å². The van der Waals surface area contributed by atoms with Gasteiger partial charge in [-0.1, -0.05) is 18.2 Å². The monoisotopic (exact) mass is 413 g/mol. The Morgan fingerprint density at radius 1 is 1.00 bits per heavy atom. The second-order valence-electron chi connectivity index (χ2n) is 7.42. The lowest BCUT2D eigenvalue weighted by atomic mass is 10.0. The molecule has 0 spiro atoms. The molecule has 1 N–H and O–H groups in total. The normalized spacial score (nSPS) is 15.3. The Kier molecular flexibility index (Phi) is 5.57. The van der Waals surface area contributed by atoms with E-state index in [-0.39, 0.29) is 17.7 Å². The molecule has 1 aliphatic heterocycles. The summed E-state index contributed by atoms with van der Waals surface area (Å²) < 4.78 is 40.3. The Bertz CT molecular complexity index is 999. The van der Waals surface area contributed by atoms with Crippen LogP contribution in [0.25, 0.3) is 11.5 Å². The molecular formula is C22H22F3N5. The van der Waals surface area contributed by atoms with Gasteiger partial charge < -0.3 is 10.2 Å². The molecule has 5 nitrogen and oxygen atoms in total. The predicted octanol–water partition coefficient (Wildman–Crippen LogP) is 4.95. The topological polar surface area (TPSA) is 53.9 Å². The molecule has 1 aliphatic rings. The zero-order valence-electron chi connectivity index (χ0n) is 16.5. The summed E-state index contributed by atoms with van der Waals surface area (Å²) in [6.45, 7) is 3.26. The fraction of sp³-hybridized carbons (Fsp3) is 0.318. The van der Waals surface area contributed by atoms with E-state index in [1.54, 1.807) is 18.2 Å². The van der Waals surface area contributed by atoms with E-state index < -0.39 is 11.9 Å². The summed E-state index contributed by atoms with van der Waals surface area (Å²) in [5.41, 5.74) is 1.61. The fourth-order valence-corrected chi connectivity index (χ4v) is 3.57. The van der Waals surface area contributed by atoms with Crippen LogP contribution in [0, 0.1) is 6.92 Å². The standard InChI is InChI=1S/C22H22F3N5/c1-15-5-4-6-17(13-15)27-16-8-11-30(12-9-16)20-14-19(22(23,24)25)28-21(29-20)18-7-2-3-10-26-18/h2-7,10,13-14,16,27H,8-9,11-12H2,1H3. The van der Waals surface area contributed by atoms with Gasteiger partial charge in [0.15, 0.2) is 11.5 Å². The first-order valence-electron chi connectivity index (χ1n) is 9.84. The van der Waals surface area contributed by atoms with Gasteiger partial charge in [0, 0.05) is 37.1 Å². The molecule has 0 unspecified atom stereocenters. The lowest BCUT2D eigenvalue weighted by Crippen LogP contribution is -2.39. The number of benzene rings is 1. The van der Waals surface area contributed by atoms with E-state index in [4.69, 9.17) is 0 Å². The third-order valence-electron chi connectivity index (χ3n) is 5.10. The van der Waals surface area contributed by atoms with Gasteiger partial charge in [-0.15, -0.1) is 0 Å². The number of hydrogen-bond acceptors (Lipinski definition) is 5. The number of aromatic nitrogens is 3. The fourth-order valence-electron chi connectivity index (χ4n) is 3.57. The van der Waals surface area contributed by atoms with Crippen molar-refractivity contribution >= 4 is 11.5 Å². The number of pyridine rings is 1. The second-order valence-corrected chi connectivity index (χ2v) is 7.42. The van der Waals surface area contributed by atoms with E-state index in [2.05, 4.69) is 26.3 Å². The molecular weight excluding hydrogens is 391 g/mol. The van der Waals surface area contributed by atoms with Crippen LogP contribution < -0.4 is 10.2 Å². The minimum absolute atomic E-state index is 0.0135. The van der Waals surface area contributed by atoms with Gasteiger partial charge in [-0.05, 0) is 49.6 Å². The quantitative estimate of drug-likeness (QED) is 0.656. The molecule has 0 radical (unpaired) electrons. The Balaban J connectivity index is 1.52. The molecule has 0 aliphatic carbocycles. The largest absolute Gasteiger partial charge is 0.433 e. The van der Waals surface area contributed by atoms with Crippen LogP contribution in [0.2, 0.25) is 0 Å². The summed E-state index contributed by atoms with van der Waals surface area (Å²) in [7, 11) is 0. The molecule has 1 fully saturated rings. The van der Waals surface area contributed by atoms with Crippen LogP contribution in [0.1, 0.15) is 24.1 Å². The van der Waals surface area contributed by atoms with Gasteiger partial charge in [-0.25, -0.2) is 9.97 Å². The maximum absolute atomic E-state index is 13.4. The maximum atomic E-state index is 13.4. The van der Waals surface area contributed by atoms with Crippen molar-refractivity contribution in [3.8, 4) is 11.5 Å². The summed E-state index contributed by atoms with van der Waals surface area (Å²) >= 11 is 0. The third-order valence-corrected chi connectivity index (χ3v) is 5.10. The maximum Gasteiger partial charge on any atom is 0.433 e. The highest BCUT2D eigenvalue weighted by Gasteiger charge is 2.35. The summed E-state index contributed by atoms with van der Waals surface area (Å²) in [6.07, 6.45) is -1.43. The Morgan fingerprint density at radius 2 is 1.80 bits per heavy atom. The molecule has 0 saturated carbocycles. The minimum atomic E-state index is -4.55. The zero-order valence-corrected chi connectivity index (χ0v) is 16.5. The highest BCUT2D eigenvalue weighted by molar-refractivity contribution is 5.54. The van der Waals surface area contributed by atoms with Gasteiger partial charge in [-0.2, -0.15) is 13.2 Å². The van der Waals surface area contributed by atoms with Crippen LogP contribution in [0.4, 0.5) is 24.7 Å². The highest BCUT2D eigenvalue weighted by Crippen LogP contribution is 2.32. The second kappa shape index (κ2) is 8.30. The van der Waals surface area contributed by atoms with Crippen LogP contribution in [-0.4, -0.2) is 34.1 Å². The van der Waals surface area contributed by atoms with Gasteiger partial charge in [0.05, 0.1) is 0 Å². The molecule has 1 aromatic carbocycles. The number of hydrogen-bond donors (Lipinski definition) is 1. The van der Waals surface area contributed by atoms with Gasteiger partial charge in [0.2, 0.25) is 0 Å². The van der Waals surface area contributed by atoms with Crippen molar-refractivity contribution in [3.05, 3.63) is 66.0 Å². The first kappa shape index (κ1) is 20.1. The number of nitrogens with zero attached hydrogens (tertiary/aromatic N) is 4. The summed E-state index contributed by atoms with van der Waals surface area (Å²) in [4.78, 5) is 14.1. The molecule has 1 saturated heterocycles. The summed E-state index contributed by atoms with van der Waals surface area (Å²) in [5, 5.41) is 3.52. The van der Waals surface area contributed by atoms with Crippen LogP contribution in [0.15, 0.2) is 54.7 Å². The highest BCUT2D eigenvalue weighted by atomic mass is 19.4. The first-order chi connectivity index (χ1) is 14.4. The Labute approximate surface area is 173 Å². The number of halogens is 3. The molecule has 0 atom stereocenters. The van der Waals surface area contributed by atoms with Crippen molar-refractivity contribution in [1.29, 1.82) is 0 Å². The molecule has 0 amide bonds. The lowest BCUT2D eigenvalue weighted by Gasteiger charge is -2.34. The van der Waals surface area contributed by atoms with E-state index in [9.17, 15) is 13.2 Å². The van der Waals surface area contributed by atoms with E-state index in [0.717, 1.165) is 24.6 Å². The number of alkyl halides is 3. The number of nitrogens with one attached hydrogen (secondary N) is 1. The van der Waals surface area contributed by atoms with Crippen molar-refractivity contribution in [1.82, 2.24) is 15.0 Å². The van der Waals surface area contributed by atoms with E-state index >= 15 is 0 Å². The number of anilines is 2. The van der Waals surface area contributed by atoms with Gasteiger partial charge in [-0.3, -0.25) is 4.98 Å². The van der Waals surface area contributed by atoms with Crippen molar-refractivity contribution in [2.24, 2.45) is 0 Å². The molecule has 30 heavy (non-hydrogen) atoms. The van der Waals surface area contributed by atoms with Gasteiger partial charge in [0.25, 0.3) is 0 Å². The Morgan fingerprint density at radius 3 is 2.47 bits per heavy atom. The number of rotatable bonds is 4. The smallest absolute Gasteiger partial charge is 0.382 e. The summed E-state index contributed by atoms with van der Waals surface area (Å²) in [5.74, 6) is 0.271. The number of piperidine rings is 1. The molecule has 4 rings (SSSR count). The average Bonchev–Trinajstić information content (AvgIpc) is 2.74. The van der Waals surface area contributed by atoms with Crippen molar-refractivity contribution in [3.63, 3.8) is 0 Å². The molecule has 0 bridgehead atoms. The van der Waals surface area contributed by atoms with E-state index in [1.165, 1.54) is 11.8 Å². The van der Waals surface area contributed by atoms with Gasteiger partial charge >= 0.3 is 6.18 Å². The van der Waals surface area contributed by atoms with Crippen molar-refractivity contribution < 1.29 is 13.2 Å². The molecule has 3 aromatic rings. The summed E-state index contributed by atoms with van der Waals surface area (Å²) in [6, 6.07) is 14.5. The number of aryl methyl sites for hydroxylation is 1.